The SMILES string of the molecule is C=C[Si](C)(C#Cc1ccc(OC)cc1)C=CC#Cc1ccc(OC)cc1. The van der Waals surface area contributed by atoms with Crippen LogP contribution in [0.2, 0.25) is 6.55 Å². The van der Waals surface area contributed by atoms with Gasteiger partial charge in [0, 0.05) is 11.1 Å². The molecule has 0 aliphatic carbocycles. The van der Waals surface area contributed by atoms with E-state index in [1.807, 2.05) is 60.3 Å². The summed E-state index contributed by atoms with van der Waals surface area (Å²) in [6, 6.07) is 15.4. The Morgan fingerprint density at radius 2 is 1.35 bits per heavy atom. The van der Waals surface area contributed by atoms with Crippen LogP contribution in [-0.4, -0.2) is 22.3 Å². The Balaban J connectivity index is 2.09. The van der Waals surface area contributed by atoms with Crippen LogP contribution in [0.25, 0.3) is 0 Å². The summed E-state index contributed by atoms with van der Waals surface area (Å²) < 4.78 is 10.3. The third-order valence-corrected chi connectivity index (χ3v) is 6.18. The van der Waals surface area contributed by atoms with Gasteiger partial charge in [-0.1, -0.05) is 35.7 Å². The maximum atomic E-state index is 5.16. The summed E-state index contributed by atoms with van der Waals surface area (Å²) in [4.78, 5) is 0. The Kier molecular flexibility index (Phi) is 6.91. The number of methoxy groups -OCH3 is 2. The third kappa shape index (κ3) is 5.74. The molecule has 0 N–H and O–H groups in total. The van der Waals surface area contributed by atoms with Crippen LogP contribution in [0.15, 0.2) is 72.6 Å². The monoisotopic (exact) mass is 358 g/mol. The molecule has 2 aromatic rings. The topological polar surface area (TPSA) is 18.5 Å². The van der Waals surface area contributed by atoms with E-state index in [1.165, 1.54) is 0 Å². The lowest BCUT2D eigenvalue weighted by Crippen LogP contribution is -2.22. The molecule has 0 aliphatic heterocycles. The molecule has 0 spiro atoms. The van der Waals surface area contributed by atoms with E-state index in [2.05, 4.69) is 42.1 Å². The smallest absolute Gasteiger partial charge is 0.182 e. The summed E-state index contributed by atoms with van der Waals surface area (Å²) >= 11 is 0. The molecule has 0 amide bonds. The number of hydrogen-bond donors (Lipinski definition) is 0. The predicted octanol–water partition coefficient (Wildman–Crippen LogP) is 4.55. The van der Waals surface area contributed by atoms with Crippen molar-refractivity contribution in [3.8, 4) is 34.8 Å². The van der Waals surface area contributed by atoms with Gasteiger partial charge in [0.2, 0.25) is 0 Å². The van der Waals surface area contributed by atoms with Gasteiger partial charge in [0.05, 0.1) is 14.2 Å². The molecule has 130 valence electrons. The molecule has 2 aromatic carbocycles. The van der Waals surface area contributed by atoms with Crippen molar-refractivity contribution in [2.45, 2.75) is 6.55 Å². The van der Waals surface area contributed by atoms with Gasteiger partial charge in [0.1, 0.15) is 11.5 Å². The summed E-state index contributed by atoms with van der Waals surface area (Å²) in [5, 5.41) is 0. The Hall–Kier alpha value is -3.14. The van der Waals surface area contributed by atoms with Gasteiger partial charge in [0.15, 0.2) is 8.07 Å². The predicted molar refractivity (Wildman–Crippen MR) is 111 cm³/mol. The van der Waals surface area contributed by atoms with Crippen LogP contribution >= 0.6 is 0 Å². The molecule has 3 heteroatoms. The largest absolute Gasteiger partial charge is 0.497 e. The van der Waals surface area contributed by atoms with Crippen molar-refractivity contribution in [3.05, 3.63) is 83.7 Å². The van der Waals surface area contributed by atoms with E-state index in [0.717, 1.165) is 22.6 Å². The normalized spacial score (nSPS) is 12.1. The summed E-state index contributed by atoms with van der Waals surface area (Å²) in [7, 11) is 1.29. The lowest BCUT2D eigenvalue weighted by Gasteiger charge is -2.08. The van der Waals surface area contributed by atoms with Crippen molar-refractivity contribution in [2.24, 2.45) is 0 Å². The third-order valence-electron chi connectivity index (χ3n) is 3.81. The lowest BCUT2D eigenvalue weighted by molar-refractivity contribution is 0.414. The maximum Gasteiger partial charge on any atom is 0.182 e. The van der Waals surface area contributed by atoms with E-state index in [9.17, 15) is 0 Å². The number of benzene rings is 2. The first-order valence-electron chi connectivity index (χ1n) is 8.23. The molecule has 2 nitrogen and oxygen atoms in total. The fraction of sp³-hybridized carbons (Fsp3) is 0.130. The average molecular weight is 359 g/mol. The molecule has 0 saturated heterocycles. The molecule has 0 aromatic heterocycles. The van der Waals surface area contributed by atoms with Gasteiger partial charge in [-0.25, -0.2) is 0 Å². The van der Waals surface area contributed by atoms with Gasteiger partial charge in [0.25, 0.3) is 0 Å². The van der Waals surface area contributed by atoms with Gasteiger partial charge in [-0.2, -0.15) is 0 Å². The maximum absolute atomic E-state index is 5.16. The van der Waals surface area contributed by atoms with Crippen molar-refractivity contribution in [1.29, 1.82) is 0 Å². The highest BCUT2D eigenvalue weighted by molar-refractivity contribution is 6.94. The Bertz CT molecular complexity index is 888. The molecular formula is C23H22O2Si. The molecular weight excluding hydrogens is 336 g/mol. The minimum Gasteiger partial charge on any atom is -0.497 e. The lowest BCUT2D eigenvalue weighted by atomic mass is 10.2. The highest BCUT2D eigenvalue weighted by Crippen LogP contribution is 2.12. The van der Waals surface area contributed by atoms with Crippen molar-refractivity contribution < 1.29 is 9.47 Å². The van der Waals surface area contributed by atoms with Crippen LogP contribution in [0.1, 0.15) is 11.1 Å². The van der Waals surface area contributed by atoms with Crippen LogP contribution in [0.3, 0.4) is 0 Å². The molecule has 0 fully saturated rings. The van der Waals surface area contributed by atoms with Crippen molar-refractivity contribution >= 4 is 8.07 Å². The minimum atomic E-state index is -2.01. The van der Waals surface area contributed by atoms with E-state index in [0.29, 0.717) is 0 Å². The van der Waals surface area contributed by atoms with Crippen LogP contribution in [-0.2, 0) is 0 Å². The quantitative estimate of drug-likeness (QED) is 0.590. The molecule has 0 bridgehead atoms. The van der Waals surface area contributed by atoms with Gasteiger partial charge < -0.3 is 9.47 Å². The number of hydrogen-bond acceptors (Lipinski definition) is 2. The molecule has 0 aliphatic rings. The zero-order valence-corrected chi connectivity index (χ0v) is 16.4. The fourth-order valence-corrected chi connectivity index (χ4v) is 3.22. The van der Waals surface area contributed by atoms with Crippen molar-refractivity contribution in [2.75, 3.05) is 14.2 Å². The van der Waals surface area contributed by atoms with Crippen molar-refractivity contribution in [3.63, 3.8) is 0 Å². The molecule has 0 saturated carbocycles. The van der Waals surface area contributed by atoms with Crippen LogP contribution in [0, 0.1) is 23.3 Å². The number of ether oxygens (including phenoxy) is 2. The molecule has 1 unspecified atom stereocenters. The molecule has 0 heterocycles. The highest BCUT2D eigenvalue weighted by Gasteiger charge is 2.15. The highest BCUT2D eigenvalue weighted by atomic mass is 28.3. The van der Waals surface area contributed by atoms with Crippen LogP contribution in [0.5, 0.6) is 11.5 Å². The summed E-state index contributed by atoms with van der Waals surface area (Å²) in [6.07, 6.45) is 1.88. The number of rotatable bonds is 4. The Morgan fingerprint density at radius 1 is 0.846 bits per heavy atom. The summed E-state index contributed by atoms with van der Waals surface area (Å²) in [5.41, 5.74) is 9.32. The first kappa shape index (κ1) is 19.2. The molecule has 1 atom stereocenters. The van der Waals surface area contributed by atoms with Gasteiger partial charge >= 0.3 is 0 Å². The van der Waals surface area contributed by atoms with Gasteiger partial charge in [-0.15, -0.1) is 12.1 Å². The first-order valence-corrected chi connectivity index (χ1v) is 10.9. The average Bonchev–Trinajstić information content (AvgIpc) is 2.70. The second kappa shape index (κ2) is 9.37. The Labute approximate surface area is 157 Å². The molecule has 0 radical (unpaired) electrons. The van der Waals surface area contributed by atoms with E-state index in [4.69, 9.17) is 9.47 Å². The second-order valence-corrected chi connectivity index (χ2v) is 9.35. The van der Waals surface area contributed by atoms with Crippen LogP contribution < -0.4 is 9.47 Å². The standard InChI is InChI=1S/C23H22O2Si/c1-5-26(4,19-17-21-11-15-23(25-3)16-12-21)18-7-6-8-20-9-13-22(24-2)14-10-20/h5,7,9-16,18H,1H2,2-4H3. The molecule has 26 heavy (non-hydrogen) atoms. The summed E-state index contributed by atoms with van der Waals surface area (Å²) in [5.74, 6) is 11.1. The van der Waals surface area contributed by atoms with E-state index < -0.39 is 8.07 Å². The van der Waals surface area contributed by atoms with Crippen molar-refractivity contribution in [1.82, 2.24) is 0 Å². The Morgan fingerprint density at radius 3 is 1.81 bits per heavy atom. The van der Waals surface area contributed by atoms with Gasteiger partial charge in [-0.05, 0) is 54.6 Å². The zero-order valence-electron chi connectivity index (χ0n) is 15.4. The van der Waals surface area contributed by atoms with Gasteiger partial charge in [-0.3, -0.25) is 0 Å². The molecule has 2 rings (SSSR count). The summed E-state index contributed by atoms with van der Waals surface area (Å²) in [6.45, 7) is 6.10. The fourth-order valence-electron chi connectivity index (χ4n) is 2.06. The van der Waals surface area contributed by atoms with Crippen LogP contribution in [0.4, 0.5) is 0 Å². The zero-order chi connectivity index (χ0) is 18.8. The number of allylic oxidation sites excluding steroid dienone is 1. The second-order valence-electron chi connectivity index (χ2n) is 5.80. The first-order chi connectivity index (χ1) is 12.6. The van der Waals surface area contributed by atoms with E-state index in [1.54, 1.807) is 14.2 Å². The van der Waals surface area contributed by atoms with E-state index >= 15 is 0 Å². The minimum absolute atomic E-state index is 0.825. The van der Waals surface area contributed by atoms with E-state index in [-0.39, 0.29) is 0 Å².